The second-order valence-electron chi connectivity index (χ2n) is 4.72. The number of aromatic nitrogens is 3. The normalized spacial score (nSPS) is 20.2. The Labute approximate surface area is 98.9 Å². The number of hydrogen-bond acceptors (Lipinski definition) is 3. The molecule has 1 aliphatic rings. The van der Waals surface area contributed by atoms with Gasteiger partial charge in [-0.15, -0.1) is 0 Å². The molecule has 1 fully saturated rings. The molecule has 0 bridgehead atoms. The number of nitrogens with one attached hydrogen (secondary N) is 2. The van der Waals surface area contributed by atoms with Crippen LogP contribution < -0.4 is 10.9 Å². The highest BCUT2D eigenvalue weighted by Gasteiger charge is 2.19. The van der Waals surface area contributed by atoms with Crippen LogP contribution in [0.5, 0.6) is 0 Å². The summed E-state index contributed by atoms with van der Waals surface area (Å²) in [5.41, 5.74) is 3.35. The summed E-state index contributed by atoms with van der Waals surface area (Å²) in [4.78, 5) is 16.5. The predicted octanol–water partition coefficient (Wildman–Crippen LogP) is 0.716. The molecule has 2 aromatic heterocycles. The van der Waals surface area contributed by atoms with Gasteiger partial charge in [-0.1, -0.05) is 0 Å². The lowest BCUT2D eigenvalue weighted by Gasteiger charge is -2.03. The van der Waals surface area contributed by atoms with Gasteiger partial charge < -0.3 is 5.32 Å². The van der Waals surface area contributed by atoms with Gasteiger partial charge in [-0.05, 0) is 26.8 Å². The minimum atomic E-state index is 0.00436. The molecule has 90 valence electrons. The van der Waals surface area contributed by atoms with E-state index in [1.54, 1.807) is 4.52 Å². The Balaban J connectivity index is 2.18. The van der Waals surface area contributed by atoms with Crippen molar-refractivity contribution in [2.24, 2.45) is 0 Å². The van der Waals surface area contributed by atoms with E-state index in [1.165, 1.54) is 0 Å². The standard InChI is InChI=1S/C12H16N4O/c1-7-8(2)14-11-5-10(9-3-4-13-6-9)15-16(11)12(7)17/h5,9,13,15H,3-4,6H2,1-2H3/t9-/m0/s1. The fourth-order valence-electron chi connectivity index (χ4n) is 2.37. The molecule has 5 heteroatoms. The van der Waals surface area contributed by atoms with Gasteiger partial charge in [0.05, 0.1) is 0 Å². The van der Waals surface area contributed by atoms with Gasteiger partial charge in [-0.3, -0.25) is 9.89 Å². The second-order valence-corrected chi connectivity index (χ2v) is 4.72. The monoisotopic (exact) mass is 232 g/mol. The lowest BCUT2D eigenvalue weighted by molar-refractivity contribution is 0.712. The molecule has 2 N–H and O–H groups in total. The SMILES string of the molecule is Cc1nc2cc([C@H]3CCNC3)[nH]n2c(=O)c1C. The Bertz CT molecular complexity index is 619. The maximum absolute atomic E-state index is 12.1. The summed E-state index contributed by atoms with van der Waals surface area (Å²) in [6.45, 7) is 5.70. The minimum absolute atomic E-state index is 0.00436. The molecule has 1 atom stereocenters. The van der Waals surface area contributed by atoms with Gasteiger partial charge in [0.25, 0.3) is 5.56 Å². The van der Waals surface area contributed by atoms with Crippen LogP contribution in [0.25, 0.3) is 5.65 Å². The Kier molecular flexibility index (Phi) is 2.29. The van der Waals surface area contributed by atoms with Crippen LogP contribution in [0.15, 0.2) is 10.9 Å². The first kappa shape index (κ1) is 10.5. The quantitative estimate of drug-likeness (QED) is 0.761. The number of hydrogen-bond donors (Lipinski definition) is 2. The van der Waals surface area contributed by atoms with Crippen LogP contribution in [-0.4, -0.2) is 27.7 Å². The fraction of sp³-hybridized carbons (Fsp3) is 0.500. The summed E-state index contributed by atoms with van der Waals surface area (Å²) in [5, 5.41) is 6.50. The van der Waals surface area contributed by atoms with Crippen LogP contribution in [0.1, 0.15) is 29.3 Å². The summed E-state index contributed by atoms with van der Waals surface area (Å²) in [5.74, 6) is 0.469. The third kappa shape index (κ3) is 1.58. The molecule has 1 aliphatic heterocycles. The van der Waals surface area contributed by atoms with Crippen molar-refractivity contribution in [1.29, 1.82) is 0 Å². The van der Waals surface area contributed by atoms with Crippen molar-refractivity contribution >= 4 is 5.65 Å². The van der Waals surface area contributed by atoms with Crippen molar-refractivity contribution < 1.29 is 0 Å². The molecule has 0 radical (unpaired) electrons. The van der Waals surface area contributed by atoms with Crippen LogP contribution >= 0.6 is 0 Å². The molecule has 0 saturated carbocycles. The van der Waals surface area contributed by atoms with Gasteiger partial charge >= 0.3 is 0 Å². The Morgan fingerprint density at radius 2 is 2.29 bits per heavy atom. The zero-order chi connectivity index (χ0) is 12.0. The molecular formula is C12H16N4O. The van der Waals surface area contributed by atoms with Crippen molar-refractivity contribution in [2.45, 2.75) is 26.2 Å². The van der Waals surface area contributed by atoms with Crippen LogP contribution in [0.2, 0.25) is 0 Å². The number of nitrogens with zero attached hydrogens (tertiary/aromatic N) is 2. The zero-order valence-electron chi connectivity index (χ0n) is 10.1. The maximum atomic E-state index is 12.1. The van der Waals surface area contributed by atoms with Crippen LogP contribution in [0, 0.1) is 13.8 Å². The first-order valence-corrected chi connectivity index (χ1v) is 5.96. The van der Waals surface area contributed by atoms with E-state index in [1.807, 2.05) is 19.9 Å². The predicted molar refractivity (Wildman–Crippen MR) is 65.5 cm³/mol. The van der Waals surface area contributed by atoms with Gasteiger partial charge in [0, 0.05) is 35.5 Å². The van der Waals surface area contributed by atoms with E-state index in [9.17, 15) is 4.79 Å². The summed E-state index contributed by atoms with van der Waals surface area (Å²) < 4.78 is 1.55. The van der Waals surface area contributed by atoms with E-state index in [-0.39, 0.29) is 5.56 Å². The third-order valence-electron chi connectivity index (χ3n) is 3.60. The zero-order valence-corrected chi connectivity index (χ0v) is 10.1. The third-order valence-corrected chi connectivity index (χ3v) is 3.60. The average Bonchev–Trinajstić information content (AvgIpc) is 2.93. The Morgan fingerprint density at radius 3 is 3.00 bits per heavy atom. The molecule has 2 aromatic rings. The van der Waals surface area contributed by atoms with Gasteiger partial charge in [0.15, 0.2) is 5.65 Å². The fourth-order valence-corrected chi connectivity index (χ4v) is 2.37. The van der Waals surface area contributed by atoms with Gasteiger partial charge in [0.2, 0.25) is 0 Å². The van der Waals surface area contributed by atoms with E-state index in [2.05, 4.69) is 15.4 Å². The van der Waals surface area contributed by atoms with Crippen molar-refractivity contribution in [1.82, 2.24) is 19.9 Å². The van der Waals surface area contributed by atoms with Crippen molar-refractivity contribution in [3.63, 3.8) is 0 Å². The molecule has 0 spiro atoms. The van der Waals surface area contributed by atoms with E-state index >= 15 is 0 Å². The molecule has 17 heavy (non-hydrogen) atoms. The van der Waals surface area contributed by atoms with E-state index in [0.717, 1.165) is 36.5 Å². The van der Waals surface area contributed by atoms with E-state index in [0.29, 0.717) is 11.5 Å². The number of aryl methyl sites for hydroxylation is 1. The number of fused-ring (bicyclic) bond motifs is 1. The molecular weight excluding hydrogens is 216 g/mol. The number of aromatic amines is 1. The topological polar surface area (TPSA) is 62.2 Å². The largest absolute Gasteiger partial charge is 0.316 e. The highest BCUT2D eigenvalue weighted by Crippen LogP contribution is 2.21. The van der Waals surface area contributed by atoms with Crippen molar-refractivity contribution in [2.75, 3.05) is 13.1 Å². The van der Waals surface area contributed by atoms with Crippen LogP contribution in [0.4, 0.5) is 0 Å². The second kappa shape index (κ2) is 3.70. The summed E-state index contributed by atoms with van der Waals surface area (Å²) in [7, 11) is 0. The highest BCUT2D eigenvalue weighted by atomic mass is 16.1. The maximum Gasteiger partial charge on any atom is 0.275 e. The Hall–Kier alpha value is -1.62. The van der Waals surface area contributed by atoms with Gasteiger partial charge in [-0.2, -0.15) is 0 Å². The van der Waals surface area contributed by atoms with E-state index < -0.39 is 0 Å². The molecule has 0 amide bonds. The smallest absolute Gasteiger partial charge is 0.275 e. The molecule has 3 heterocycles. The molecule has 0 aromatic carbocycles. The summed E-state index contributed by atoms with van der Waals surface area (Å²) in [6, 6.07) is 1.99. The Morgan fingerprint density at radius 1 is 1.47 bits per heavy atom. The highest BCUT2D eigenvalue weighted by molar-refractivity contribution is 5.42. The molecule has 1 saturated heterocycles. The molecule has 5 nitrogen and oxygen atoms in total. The van der Waals surface area contributed by atoms with Crippen molar-refractivity contribution in [3.8, 4) is 0 Å². The van der Waals surface area contributed by atoms with Gasteiger partial charge in [0.1, 0.15) is 0 Å². The van der Waals surface area contributed by atoms with Crippen LogP contribution in [-0.2, 0) is 0 Å². The summed E-state index contributed by atoms with van der Waals surface area (Å²) >= 11 is 0. The van der Waals surface area contributed by atoms with Crippen LogP contribution in [0.3, 0.4) is 0 Å². The first-order chi connectivity index (χ1) is 8.16. The van der Waals surface area contributed by atoms with E-state index in [4.69, 9.17) is 0 Å². The molecule has 0 unspecified atom stereocenters. The lowest BCUT2D eigenvalue weighted by atomic mass is 10.1. The molecule has 0 aliphatic carbocycles. The first-order valence-electron chi connectivity index (χ1n) is 5.96. The average molecular weight is 232 g/mol. The lowest BCUT2D eigenvalue weighted by Crippen LogP contribution is -2.19. The minimum Gasteiger partial charge on any atom is -0.316 e. The van der Waals surface area contributed by atoms with Crippen molar-refractivity contribution in [3.05, 3.63) is 33.4 Å². The van der Waals surface area contributed by atoms with Gasteiger partial charge in [-0.25, -0.2) is 9.50 Å². The summed E-state index contributed by atoms with van der Waals surface area (Å²) in [6.07, 6.45) is 1.11. The number of H-pyrrole nitrogens is 1. The number of rotatable bonds is 1. The molecule has 3 rings (SSSR count).